The largest absolute Gasteiger partial charge is 0.369 e. The number of hydrogen-bond donors (Lipinski definition) is 1. The number of carbonyl (C=O) groups is 2. The lowest BCUT2D eigenvalue weighted by atomic mass is 9.74. The zero-order valence-corrected chi connectivity index (χ0v) is 25.9. The smallest absolute Gasteiger partial charge is 0.234 e. The minimum Gasteiger partial charge on any atom is -0.369 e. The van der Waals surface area contributed by atoms with E-state index in [1.54, 1.807) is 16.4 Å². The Balaban J connectivity index is 1.06. The molecule has 6 rings (SSSR count). The summed E-state index contributed by atoms with van der Waals surface area (Å²) in [7, 11) is -3.60. The number of nitrogens with zero attached hydrogens (tertiary/aromatic N) is 4. The molecule has 0 aromatic heterocycles. The van der Waals surface area contributed by atoms with Crippen molar-refractivity contribution in [3.63, 3.8) is 0 Å². The quantitative estimate of drug-likeness (QED) is 0.520. The standard InChI is InChI=1S/C32H42FN5O4S/c1-22-3-4-23(2)30(19-22)36-11-13-37(14-12-36)32(40)28-21-34-29-10-9-26(20-27(29)31(28)39)43(41,42)38-17-15-35(16-18-38)25-7-5-24(33)6-8-25/h3-8,19,26-29,34H,9-18,20-21H2,1-2H3. The van der Waals surface area contributed by atoms with Crippen molar-refractivity contribution in [3.8, 4) is 0 Å². The van der Waals surface area contributed by atoms with Gasteiger partial charge in [0, 0.05) is 82.2 Å². The number of benzene rings is 2. The van der Waals surface area contributed by atoms with Crippen LogP contribution in [0.25, 0.3) is 0 Å². The van der Waals surface area contributed by atoms with E-state index in [1.165, 1.54) is 28.9 Å². The summed E-state index contributed by atoms with van der Waals surface area (Å²) < 4.78 is 42.3. The molecule has 232 valence electrons. The van der Waals surface area contributed by atoms with E-state index in [4.69, 9.17) is 0 Å². The number of rotatable bonds is 5. The maximum Gasteiger partial charge on any atom is 0.234 e. The first kappa shape index (κ1) is 30.0. The van der Waals surface area contributed by atoms with Crippen LogP contribution in [0.4, 0.5) is 15.8 Å². The summed E-state index contributed by atoms with van der Waals surface area (Å²) in [5.41, 5.74) is 4.48. The van der Waals surface area contributed by atoms with Crippen molar-refractivity contribution in [2.45, 2.75) is 44.4 Å². The second-order valence-electron chi connectivity index (χ2n) is 12.5. The first-order chi connectivity index (χ1) is 20.6. The van der Waals surface area contributed by atoms with Gasteiger partial charge in [0.1, 0.15) is 11.7 Å². The Kier molecular flexibility index (Phi) is 8.50. The van der Waals surface area contributed by atoms with Crippen LogP contribution in [-0.2, 0) is 19.6 Å². The van der Waals surface area contributed by atoms with Crippen molar-refractivity contribution in [3.05, 3.63) is 59.4 Å². The fourth-order valence-electron chi connectivity index (χ4n) is 7.31. The van der Waals surface area contributed by atoms with Crippen LogP contribution in [0, 0.1) is 31.5 Å². The highest BCUT2D eigenvalue weighted by Gasteiger charge is 2.48. The molecular formula is C32H42FN5O4S. The number of fused-ring (bicyclic) bond motifs is 1. The van der Waals surface area contributed by atoms with Crippen molar-refractivity contribution in [2.75, 3.05) is 68.7 Å². The molecule has 1 saturated carbocycles. The summed E-state index contributed by atoms with van der Waals surface area (Å²) in [6.07, 6.45) is 1.35. The average molecular weight is 612 g/mol. The third-order valence-corrected chi connectivity index (χ3v) is 12.3. The van der Waals surface area contributed by atoms with E-state index in [0.717, 1.165) is 5.69 Å². The molecule has 43 heavy (non-hydrogen) atoms. The number of hydrogen-bond acceptors (Lipinski definition) is 7. The van der Waals surface area contributed by atoms with Gasteiger partial charge in [-0.1, -0.05) is 12.1 Å². The summed E-state index contributed by atoms with van der Waals surface area (Å²) in [5, 5.41) is 2.80. The fraction of sp³-hybridized carbons (Fsp3) is 0.562. The van der Waals surface area contributed by atoms with Gasteiger partial charge in [0.2, 0.25) is 15.9 Å². The van der Waals surface area contributed by atoms with Crippen molar-refractivity contribution >= 4 is 33.1 Å². The molecule has 9 nitrogen and oxygen atoms in total. The second kappa shape index (κ2) is 12.2. The van der Waals surface area contributed by atoms with Gasteiger partial charge in [-0.15, -0.1) is 0 Å². The number of piperidine rings is 1. The molecule has 0 bridgehead atoms. The molecule has 3 aliphatic heterocycles. The lowest BCUT2D eigenvalue weighted by Crippen LogP contribution is -2.61. The minimum absolute atomic E-state index is 0.0838. The summed E-state index contributed by atoms with van der Waals surface area (Å²) in [4.78, 5) is 33.5. The molecule has 2 aromatic carbocycles. The number of piperazine rings is 2. The number of ketones is 1. The third kappa shape index (κ3) is 6.04. The number of sulfonamides is 1. The summed E-state index contributed by atoms with van der Waals surface area (Å²) in [6.45, 7) is 8.80. The number of aryl methyl sites for hydroxylation is 2. The minimum atomic E-state index is -3.60. The van der Waals surface area contributed by atoms with Gasteiger partial charge in [-0.3, -0.25) is 9.59 Å². The number of carbonyl (C=O) groups excluding carboxylic acids is 2. The van der Waals surface area contributed by atoms with Gasteiger partial charge in [0.05, 0.1) is 5.25 Å². The van der Waals surface area contributed by atoms with E-state index >= 15 is 0 Å². The van der Waals surface area contributed by atoms with E-state index in [2.05, 4.69) is 47.2 Å². The average Bonchev–Trinajstić information content (AvgIpc) is 3.02. The second-order valence-corrected chi connectivity index (χ2v) is 14.7. The van der Waals surface area contributed by atoms with Crippen LogP contribution in [0.1, 0.15) is 30.4 Å². The van der Waals surface area contributed by atoms with Crippen LogP contribution in [0.2, 0.25) is 0 Å². The van der Waals surface area contributed by atoms with E-state index in [0.29, 0.717) is 71.7 Å². The number of amides is 1. The summed E-state index contributed by atoms with van der Waals surface area (Å²) >= 11 is 0. The highest BCUT2D eigenvalue weighted by Crippen LogP contribution is 2.36. The van der Waals surface area contributed by atoms with Crippen LogP contribution in [0.3, 0.4) is 0 Å². The van der Waals surface area contributed by atoms with E-state index in [9.17, 15) is 22.4 Å². The number of nitrogens with one attached hydrogen (secondary N) is 1. The maximum absolute atomic E-state index is 13.7. The molecule has 1 amide bonds. The fourth-order valence-corrected chi connectivity index (χ4v) is 9.29. The molecule has 4 aliphatic rings. The number of Topliss-reactive ketones (excluding diaryl/α,β-unsaturated/α-hetero) is 1. The lowest BCUT2D eigenvalue weighted by molar-refractivity contribution is -0.145. The van der Waals surface area contributed by atoms with Gasteiger partial charge in [-0.2, -0.15) is 4.31 Å². The maximum atomic E-state index is 13.7. The van der Waals surface area contributed by atoms with E-state index < -0.39 is 27.1 Å². The Morgan fingerprint density at radius 1 is 0.884 bits per heavy atom. The molecule has 11 heteroatoms. The van der Waals surface area contributed by atoms with Crippen LogP contribution < -0.4 is 15.1 Å². The normalized spacial score (nSPS) is 27.2. The molecule has 1 aliphatic carbocycles. The number of halogens is 1. The van der Waals surface area contributed by atoms with Crippen LogP contribution >= 0.6 is 0 Å². The molecule has 1 N–H and O–H groups in total. The summed E-state index contributed by atoms with van der Waals surface area (Å²) in [5.74, 6) is -1.79. The highest BCUT2D eigenvalue weighted by molar-refractivity contribution is 7.89. The molecule has 0 spiro atoms. The summed E-state index contributed by atoms with van der Waals surface area (Å²) in [6, 6.07) is 12.6. The van der Waals surface area contributed by atoms with Gasteiger partial charge in [0.25, 0.3) is 0 Å². The first-order valence-electron chi connectivity index (χ1n) is 15.5. The predicted octanol–water partition coefficient (Wildman–Crippen LogP) is 2.57. The molecule has 2 aromatic rings. The third-order valence-electron chi connectivity index (χ3n) is 9.90. The molecule has 0 radical (unpaired) electrons. The molecule has 4 fully saturated rings. The topological polar surface area (TPSA) is 93.3 Å². The number of anilines is 2. The van der Waals surface area contributed by atoms with Crippen LogP contribution in [0.5, 0.6) is 0 Å². The Bertz CT molecular complexity index is 1450. The highest BCUT2D eigenvalue weighted by atomic mass is 32.2. The van der Waals surface area contributed by atoms with Crippen LogP contribution in [0.15, 0.2) is 42.5 Å². The predicted molar refractivity (Wildman–Crippen MR) is 165 cm³/mol. The van der Waals surface area contributed by atoms with Gasteiger partial charge in [-0.25, -0.2) is 12.8 Å². The van der Waals surface area contributed by atoms with Crippen molar-refractivity contribution < 1.29 is 22.4 Å². The van der Waals surface area contributed by atoms with Gasteiger partial charge >= 0.3 is 0 Å². The zero-order valence-electron chi connectivity index (χ0n) is 25.0. The lowest BCUT2D eigenvalue weighted by Gasteiger charge is -2.44. The van der Waals surface area contributed by atoms with Crippen molar-refractivity contribution in [2.24, 2.45) is 11.8 Å². The Hall–Kier alpha value is -3.02. The Morgan fingerprint density at radius 2 is 1.56 bits per heavy atom. The van der Waals surface area contributed by atoms with E-state index in [1.807, 2.05) is 4.90 Å². The SMILES string of the molecule is Cc1ccc(C)c(N2CCN(C(=O)C3CNC4CCC(S(=O)(=O)N5CCN(c6ccc(F)cc6)CC5)CC4C3=O)CC2)c1. The van der Waals surface area contributed by atoms with E-state index in [-0.39, 0.29) is 30.0 Å². The molecule has 3 heterocycles. The molecular weight excluding hydrogens is 569 g/mol. The van der Waals surface area contributed by atoms with Crippen molar-refractivity contribution in [1.29, 1.82) is 0 Å². The monoisotopic (exact) mass is 611 g/mol. The van der Waals surface area contributed by atoms with Gasteiger partial charge in [0.15, 0.2) is 5.78 Å². The zero-order chi connectivity index (χ0) is 30.3. The molecule has 4 unspecified atom stereocenters. The van der Waals surface area contributed by atoms with Gasteiger partial charge in [-0.05, 0) is 74.6 Å². The Morgan fingerprint density at radius 3 is 2.26 bits per heavy atom. The van der Waals surface area contributed by atoms with Gasteiger partial charge < -0.3 is 20.0 Å². The molecule has 3 saturated heterocycles. The Labute approximate surface area is 254 Å². The van der Waals surface area contributed by atoms with Crippen LogP contribution in [-0.4, -0.2) is 99.5 Å². The molecule has 4 atom stereocenters. The first-order valence-corrected chi connectivity index (χ1v) is 17.0. The van der Waals surface area contributed by atoms with Crippen molar-refractivity contribution in [1.82, 2.24) is 14.5 Å².